The number of benzene rings is 3. The molecule has 0 aromatic heterocycles. The van der Waals surface area contributed by atoms with Crippen molar-refractivity contribution in [3.05, 3.63) is 95.6 Å². The van der Waals surface area contributed by atoms with Gasteiger partial charge in [-0.1, -0.05) is 42.5 Å². The average molecular weight is 585 g/mol. The molecule has 2 fully saturated rings. The van der Waals surface area contributed by atoms with E-state index >= 15 is 0 Å². The number of amides is 1. The molecule has 1 heterocycles. The number of hydrogen-bond donors (Lipinski definition) is 0. The summed E-state index contributed by atoms with van der Waals surface area (Å²) in [7, 11) is -3.89. The van der Waals surface area contributed by atoms with E-state index in [4.69, 9.17) is 14.6 Å². The third-order valence-electron chi connectivity index (χ3n) is 8.44. The molecule has 0 radical (unpaired) electrons. The Kier molecular flexibility index (Phi) is 7.66. The molecule has 0 bridgehead atoms. The van der Waals surface area contributed by atoms with Crippen LogP contribution in [0.15, 0.2) is 94.4 Å². The lowest BCUT2D eigenvalue weighted by Gasteiger charge is -2.31. The summed E-state index contributed by atoms with van der Waals surface area (Å²) in [5.41, 5.74) is 3.91. The SMILES string of the molecule is CCOc1ccc(/C=C2/CCC[C@@H]3C2=NN(C(=O)C2(S(=O)(=O)c4ccccc4)CC2)[C@H]3c2ccc(OCC)cc2)cc1. The number of ether oxygens (including phenoxy) is 2. The number of nitrogens with zero attached hydrogens (tertiary/aromatic N) is 2. The molecule has 0 saturated heterocycles. The van der Waals surface area contributed by atoms with E-state index in [0.717, 1.165) is 53.2 Å². The van der Waals surface area contributed by atoms with Crippen molar-refractivity contribution in [1.29, 1.82) is 0 Å². The predicted octanol–water partition coefficient (Wildman–Crippen LogP) is 6.61. The average Bonchev–Trinajstić information content (AvgIpc) is 3.75. The fourth-order valence-corrected chi connectivity index (χ4v) is 8.13. The second kappa shape index (κ2) is 11.4. The summed E-state index contributed by atoms with van der Waals surface area (Å²) in [6, 6.07) is 23.6. The van der Waals surface area contributed by atoms with E-state index in [-0.39, 0.29) is 10.8 Å². The fourth-order valence-electron chi connectivity index (χ4n) is 6.20. The van der Waals surface area contributed by atoms with E-state index < -0.39 is 26.5 Å². The second-order valence-electron chi connectivity index (χ2n) is 11.1. The van der Waals surface area contributed by atoms with Gasteiger partial charge in [0.15, 0.2) is 14.6 Å². The van der Waals surface area contributed by atoms with Crippen LogP contribution in [0.1, 0.15) is 63.1 Å². The number of carbonyl (C=O) groups is 1. The standard InChI is InChI=1S/C34H36N2O5S/c1-3-40-27-17-13-24(14-18-27)23-26-9-8-12-30-31(26)35-36(32(30)25-15-19-28(20-16-25)41-4-2)33(37)34(21-22-34)42(38,39)29-10-6-5-7-11-29/h5-7,10-11,13-20,23,30,32H,3-4,8-9,12,21-22H2,1-2H3/b26-23-/t30-,32+/m1/s1. The molecule has 3 aromatic carbocycles. The summed E-state index contributed by atoms with van der Waals surface area (Å²) in [5, 5.41) is 6.48. The van der Waals surface area contributed by atoms with Gasteiger partial charge in [-0.25, -0.2) is 13.4 Å². The van der Waals surface area contributed by atoms with Crippen LogP contribution < -0.4 is 9.47 Å². The Balaban J connectivity index is 1.40. The first-order valence-corrected chi connectivity index (χ1v) is 16.2. The van der Waals surface area contributed by atoms with Crippen molar-refractivity contribution in [2.24, 2.45) is 11.0 Å². The molecule has 2 saturated carbocycles. The van der Waals surface area contributed by atoms with Gasteiger partial charge in [-0.2, -0.15) is 5.10 Å². The van der Waals surface area contributed by atoms with Gasteiger partial charge in [0.1, 0.15) is 11.5 Å². The fraction of sp³-hybridized carbons (Fsp3) is 0.353. The van der Waals surface area contributed by atoms with Gasteiger partial charge in [0, 0.05) is 5.92 Å². The summed E-state index contributed by atoms with van der Waals surface area (Å²) >= 11 is 0. The molecule has 1 aliphatic heterocycles. The van der Waals surface area contributed by atoms with Gasteiger partial charge in [-0.15, -0.1) is 0 Å². The molecule has 3 aromatic rings. The molecule has 8 heteroatoms. The Hall–Kier alpha value is -3.91. The molecule has 7 nitrogen and oxygen atoms in total. The molecule has 2 aliphatic carbocycles. The third kappa shape index (κ3) is 5.02. The van der Waals surface area contributed by atoms with Gasteiger partial charge in [0.05, 0.1) is 29.9 Å². The van der Waals surface area contributed by atoms with Crippen molar-refractivity contribution in [3.63, 3.8) is 0 Å². The van der Waals surface area contributed by atoms with Crippen LogP contribution >= 0.6 is 0 Å². The molecule has 6 rings (SSSR count). The van der Waals surface area contributed by atoms with E-state index in [2.05, 4.69) is 6.08 Å². The monoisotopic (exact) mass is 584 g/mol. The molecule has 1 amide bonds. The number of hydrazone groups is 1. The highest BCUT2D eigenvalue weighted by atomic mass is 32.2. The molecule has 42 heavy (non-hydrogen) atoms. The first kappa shape index (κ1) is 28.2. The molecule has 3 aliphatic rings. The van der Waals surface area contributed by atoms with Crippen LogP contribution in [0.2, 0.25) is 0 Å². The Bertz CT molecular complexity index is 1610. The maximum absolute atomic E-state index is 14.4. The lowest BCUT2D eigenvalue weighted by atomic mass is 9.77. The van der Waals surface area contributed by atoms with Crippen molar-refractivity contribution in [2.45, 2.75) is 61.6 Å². The van der Waals surface area contributed by atoms with Crippen molar-refractivity contribution in [1.82, 2.24) is 5.01 Å². The van der Waals surface area contributed by atoms with Crippen molar-refractivity contribution in [3.8, 4) is 11.5 Å². The van der Waals surface area contributed by atoms with Gasteiger partial charge in [-0.3, -0.25) is 4.79 Å². The van der Waals surface area contributed by atoms with Gasteiger partial charge in [0.2, 0.25) is 0 Å². The first-order chi connectivity index (χ1) is 20.4. The summed E-state index contributed by atoms with van der Waals surface area (Å²) in [5.74, 6) is 1.10. The van der Waals surface area contributed by atoms with Crippen LogP contribution in [0.4, 0.5) is 0 Å². The maximum Gasteiger partial charge on any atom is 0.265 e. The zero-order chi connectivity index (χ0) is 29.3. The van der Waals surface area contributed by atoms with Crippen LogP contribution in [-0.4, -0.2) is 43.0 Å². The van der Waals surface area contributed by atoms with E-state index in [0.29, 0.717) is 26.1 Å². The normalized spacial score (nSPS) is 21.9. The molecular weight excluding hydrogens is 548 g/mol. The maximum atomic E-state index is 14.4. The predicted molar refractivity (Wildman–Crippen MR) is 163 cm³/mol. The summed E-state index contributed by atoms with van der Waals surface area (Å²) in [6.45, 7) is 5.06. The number of carbonyl (C=O) groups excluding carboxylic acids is 1. The van der Waals surface area contributed by atoms with Crippen LogP contribution in [-0.2, 0) is 14.6 Å². The third-order valence-corrected chi connectivity index (χ3v) is 10.9. The van der Waals surface area contributed by atoms with Gasteiger partial charge < -0.3 is 9.47 Å². The zero-order valence-electron chi connectivity index (χ0n) is 24.0. The van der Waals surface area contributed by atoms with E-state index in [1.165, 1.54) is 5.01 Å². The second-order valence-corrected chi connectivity index (χ2v) is 13.3. The highest BCUT2D eigenvalue weighted by Crippen LogP contribution is 2.52. The van der Waals surface area contributed by atoms with Crippen molar-refractivity contribution in [2.75, 3.05) is 13.2 Å². The number of hydrogen-bond acceptors (Lipinski definition) is 6. The van der Waals surface area contributed by atoms with Gasteiger partial charge >= 0.3 is 0 Å². The van der Waals surface area contributed by atoms with Gasteiger partial charge in [0.25, 0.3) is 5.91 Å². The largest absolute Gasteiger partial charge is 0.494 e. The minimum absolute atomic E-state index is 0.0372. The van der Waals surface area contributed by atoms with Crippen LogP contribution in [0, 0.1) is 5.92 Å². The number of rotatable bonds is 9. The smallest absolute Gasteiger partial charge is 0.265 e. The van der Waals surface area contributed by atoms with Crippen LogP contribution in [0.25, 0.3) is 6.08 Å². The van der Waals surface area contributed by atoms with Crippen LogP contribution in [0.5, 0.6) is 11.5 Å². The van der Waals surface area contributed by atoms with Crippen molar-refractivity contribution >= 4 is 27.5 Å². The molecule has 0 unspecified atom stereocenters. The summed E-state index contributed by atoms with van der Waals surface area (Å²) < 4.78 is 37.4. The Morgan fingerprint density at radius 3 is 2.14 bits per heavy atom. The quantitative estimate of drug-likeness (QED) is 0.282. The summed E-state index contributed by atoms with van der Waals surface area (Å²) in [6.07, 6.45) is 5.38. The minimum Gasteiger partial charge on any atom is -0.494 e. The van der Waals surface area contributed by atoms with E-state index in [9.17, 15) is 13.2 Å². The number of sulfone groups is 1. The van der Waals surface area contributed by atoms with E-state index in [1.54, 1.807) is 30.3 Å². The topological polar surface area (TPSA) is 85.3 Å². The van der Waals surface area contributed by atoms with Crippen molar-refractivity contribution < 1.29 is 22.7 Å². The molecule has 0 spiro atoms. The highest BCUT2D eigenvalue weighted by Gasteiger charge is 2.64. The first-order valence-electron chi connectivity index (χ1n) is 14.8. The molecule has 2 atom stereocenters. The Morgan fingerprint density at radius 1 is 0.929 bits per heavy atom. The lowest BCUT2D eigenvalue weighted by molar-refractivity contribution is -0.134. The lowest BCUT2D eigenvalue weighted by Crippen LogP contribution is -2.43. The summed E-state index contributed by atoms with van der Waals surface area (Å²) in [4.78, 5) is 14.6. The molecule has 218 valence electrons. The van der Waals surface area contributed by atoms with Crippen LogP contribution in [0.3, 0.4) is 0 Å². The minimum atomic E-state index is -3.89. The Morgan fingerprint density at radius 2 is 1.55 bits per heavy atom. The molecular formula is C34H36N2O5S. The van der Waals surface area contributed by atoms with Gasteiger partial charge in [-0.05, 0) is 105 Å². The molecule has 0 N–H and O–H groups in total. The highest BCUT2D eigenvalue weighted by molar-refractivity contribution is 7.94. The number of fused-ring (bicyclic) bond motifs is 1. The zero-order valence-corrected chi connectivity index (χ0v) is 24.8. The number of allylic oxidation sites excluding steroid dienone is 1. The Labute approximate surface area is 247 Å². The van der Waals surface area contributed by atoms with E-state index in [1.807, 2.05) is 62.4 Å².